The van der Waals surface area contributed by atoms with E-state index in [1.165, 1.54) is 33.5 Å². The molecular formula is C20H20N2. The Morgan fingerprint density at radius 2 is 1.82 bits per heavy atom. The minimum Gasteiger partial charge on any atom is -0.241 e. The van der Waals surface area contributed by atoms with Crippen molar-refractivity contribution in [3.63, 3.8) is 0 Å². The van der Waals surface area contributed by atoms with Gasteiger partial charge in [0.1, 0.15) is 0 Å². The summed E-state index contributed by atoms with van der Waals surface area (Å²) >= 11 is 0. The van der Waals surface area contributed by atoms with Crippen molar-refractivity contribution in [1.82, 2.24) is 9.78 Å². The van der Waals surface area contributed by atoms with Crippen molar-refractivity contribution in [1.29, 1.82) is 0 Å². The van der Waals surface area contributed by atoms with Crippen LogP contribution in [0.5, 0.6) is 0 Å². The third-order valence-corrected chi connectivity index (χ3v) is 4.91. The SMILES string of the molecule is CCc1cc2c(cc1-n1cccn1)C(C)(C)c1ccccc1-2. The van der Waals surface area contributed by atoms with E-state index in [-0.39, 0.29) is 5.41 Å². The smallest absolute Gasteiger partial charge is 0.0680 e. The van der Waals surface area contributed by atoms with Crippen molar-refractivity contribution in [2.75, 3.05) is 0 Å². The van der Waals surface area contributed by atoms with Gasteiger partial charge in [-0.25, -0.2) is 4.68 Å². The molecule has 110 valence electrons. The molecule has 4 rings (SSSR count). The number of nitrogens with zero attached hydrogens (tertiary/aromatic N) is 2. The zero-order valence-corrected chi connectivity index (χ0v) is 13.3. The van der Waals surface area contributed by atoms with Crippen LogP contribution in [-0.2, 0) is 11.8 Å². The van der Waals surface area contributed by atoms with E-state index < -0.39 is 0 Å². The summed E-state index contributed by atoms with van der Waals surface area (Å²) in [7, 11) is 0. The highest BCUT2D eigenvalue weighted by molar-refractivity contribution is 5.82. The normalized spacial score (nSPS) is 14.7. The minimum absolute atomic E-state index is 0.0418. The molecule has 3 aromatic rings. The van der Waals surface area contributed by atoms with E-state index in [1.807, 2.05) is 23.1 Å². The Balaban J connectivity index is 2.03. The molecule has 0 radical (unpaired) electrons. The van der Waals surface area contributed by atoms with Crippen LogP contribution in [0.15, 0.2) is 54.9 Å². The van der Waals surface area contributed by atoms with Crippen LogP contribution in [-0.4, -0.2) is 9.78 Å². The fraction of sp³-hybridized carbons (Fsp3) is 0.250. The molecule has 2 heteroatoms. The number of hydrogen-bond acceptors (Lipinski definition) is 1. The summed E-state index contributed by atoms with van der Waals surface area (Å²) in [4.78, 5) is 0. The van der Waals surface area contributed by atoms with Crippen LogP contribution >= 0.6 is 0 Å². The van der Waals surface area contributed by atoms with Gasteiger partial charge in [0.15, 0.2) is 0 Å². The van der Waals surface area contributed by atoms with E-state index in [1.54, 1.807) is 0 Å². The first-order valence-electron chi connectivity index (χ1n) is 7.90. The zero-order valence-electron chi connectivity index (χ0n) is 13.3. The van der Waals surface area contributed by atoms with Gasteiger partial charge in [-0.15, -0.1) is 0 Å². The number of rotatable bonds is 2. The molecule has 0 fully saturated rings. The Bertz CT molecular complexity index is 842. The average molecular weight is 288 g/mol. The molecule has 0 N–H and O–H groups in total. The molecule has 0 bridgehead atoms. The number of aryl methyl sites for hydroxylation is 1. The Kier molecular flexibility index (Phi) is 2.77. The van der Waals surface area contributed by atoms with Gasteiger partial charge in [-0.3, -0.25) is 0 Å². The van der Waals surface area contributed by atoms with Crippen molar-refractivity contribution in [2.24, 2.45) is 0 Å². The van der Waals surface area contributed by atoms with E-state index in [9.17, 15) is 0 Å². The fourth-order valence-electron chi connectivity index (χ4n) is 3.69. The van der Waals surface area contributed by atoms with Gasteiger partial charge in [-0.1, -0.05) is 45.0 Å². The molecule has 2 nitrogen and oxygen atoms in total. The summed E-state index contributed by atoms with van der Waals surface area (Å²) in [6.45, 7) is 6.84. The largest absolute Gasteiger partial charge is 0.241 e. The summed E-state index contributed by atoms with van der Waals surface area (Å²) in [5.41, 5.74) is 8.17. The lowest BCUT2D eigenvalue weighted by Gasteiger charge is -2.22. The number of aromatic nitrogens is 2. The third kappa shape index (κ3) is 1.70. The van der Waals surface area contributed by atoms with Gasteiger partial charge in [0, 0.05) is 17.8 Å². The van der Waals surface area contributed by atoms with Crippen LogP contribution in [0.2, 0.25) is 0 Å². The number of fused-ring (bicyclic) bond motifs is 3. The van der Waals surface area contributed by atoms with E-state index in [0.717, 1.165) is 6.42 Å². The summed E-state index contributed by atoms with van der Waals surface area (Å²) in [6, 6.07) is 15.5. The maximum Gasteiger partial charge on any atom is 0.0680 e. The second kappa shape index (κ2) is 4.57. The van der Waals surface area contributed by atoms with Crippen LogP contribution in [0.3, 0.4) is 0 Å². The van der Waals surface area contributed by atoms with E-state index in [2.05, 4.69) is 62.3 Å². The Morgan fingerprint density at radius 1 is 1.00 bits per heavy atom. The summed E-state index contributed by atoms with van der Waals surface area (Å²) in [5.74, 6) is 0. The molecule has 0 atom stereocenters. The lowest BCUT2D eigenvalue weighted by atomic mass is 9.82. The highest BCUT2D eigenvalue weighted by Gasteiger charge is 2.35. The molecule has 0 saturated carbocycles. The van der Waals surface area contributed by atoms with Gasteiger partial charge in [0.2, 0.25) is 0 Å². The van der Waals surface area contributed by atoms with Crippen LogP contribution < -0.4 is 0 Å². The predicted molar refractivity (Wildman–Crippen MR) is 90.5 cm³/mol. The van der Waals surface area contributed by atoms with Gasteiger partial charge < -0.3 is 0 Å². The molecule has 2 aromatic carbocycles. The van der Waals surface area contributed by atoms with Gasteiger partial charge >= 0.3 is 0 Å². The van der Waals surface area contributed by atoms with E-state index in [4.69, 9.17) is 0 Å². The van der Waals surface area contributed by atoms with Gasteiger partial charge in [0.05, 0.1) is 5.69 Å². The van der Waals surface area contributed by atoms with Crippen molar-refractivity contribution in [3.05, 3.63) is 71.5 Å². The lowest BCUT2D eigenvalue weighted by molar-refractivity contribution is 0.658. The predicted octanol–water partition coefficient (Wildman–Crippen LogP) is 4.74. The molecule has 0 amide bonds. The van der Waals surface area contributed by atoms with Crippen molar-refractivity contribution in [3.8, 4) is 16.8 Å². The molecule has 1 heterocycles. The molecule has 1 aromatic heterocycles. The molecular weight excluding hydrogens is 268 g/mol. The molecule has 0 spiro atoms. The summed E-state index contributed by atoms with van der Waals surface area (Å²) < 4.78 is 1.98. The van der Waals surface area contributed by atoms with Crippen LogP contribution in [0.25, 0.3) is 16.8 Å². The Labute approximate surface area is 131 Å². The average Bonchev–Trinajstić information content (AvgIpc) is 3.13. The standard InChI is InChI=1S/C20H20N2/c1-4-14-12-16-15-8-5-6-9-17(15)20(2,3)18(16)13-19(14)22-11-7-10-21-22/h5-13H,4H2,1-3H3. The van der Waals surface area contributed by atoms with Crippen molar-refractivity contribution < 1.29 is 0 Å². The Hall–Kier alpha value is -2.35. The second-order valence-corrected chi connectivity index (χ2v) is 6.50. The molecule has 22 heavy (non-hydrogen) atoms. The minimum atomic E-state index is 0.0418. The van der Waals surface area contributed by atoms with Crippen molar-refractivity contribution >= 4 is 0 Å². The van der Waals surface area contributed by atoms with Crippen LogP contribution in [0.4, 0.5) is 0 Å². The topological polar surface area (TPSA) is 17.8 Å². The van der Waals surface area contributed by atoms with Crippen molar-refractivity contribution in [2.45, 2.75) is 32.6 Å². The lowest BCUT2D eigenvalue weighted by Crippen LogP contribution is -2.15. The number of benzene rings is 2. The third-order valence-electron chi connectivity index (χ3n) is 4.91. The number of hydrogen-bond donors (Lipinski definition) is 0. The van der Waals surface area contributed by atoms with Crippen LogP contribution in [0, 0.1) is 0 Å². The van der Waals surface area contributed by atoms with E-state index >= 15 is 0 Å². The van der Waals surface area contributed by atoms with Gasteiger partial charge in [0.25, 0.3) is 0 Å². The molecule has 0 aliphatic heterocycles. The molecule has 1 aliphatic carbocycles. The van der Waals surface area contributed by atoms with Gasteiger partial charge in [-0.05, 0) is 52.4 Å². The monoisotopic (exact) mass is 288 g/mol. The quantitative estimate of drug-likeness (QED) is 0.666. The first-order valence-corrected chi connectivity index (χ1v) is 7.90. The maximum atomic E-state index is 4.43. The maximum absolute atomic E-state index is 4.43. The molecule has 1 aliphatic rings. The van der Waals surface area contributed by atoms with E-state index in [0.29, 0.717) is 0 Å². The van der Waals surface area contributed by atoms with Gasteiger partial charge in [-0.2, -0.15) is 5.10 Å². The second-order valence-electron chi connectivity index (χ2n) is 6.50. The highest BCUT2D eigenvalue weighted by atomic mass is 15.3. The Morgan fingerprint density at radius 3 is 2.55 bits per heavy atom. The zero-order chi connectivity index (χ0) is 15.3. The van der Waals surface area contributed by atoms with Crippen LogP contribution in [0.1, 0.15) is 37.5 Å². The first-order chi connectivity index (χ1) is 10.6. The fourth-order valence-corrected chi connectivity index (χ4v) is 3.69. The first kappa shape index (κ1) is 13.3. The highest BCUT2D eigenvalue weighted by Crippen LogP contribution is 2.49. The summed E-state index contributed by atoms with van der Waals surface area (Å²) in [6.07, 6.45) is 4.87. The molecule has 0 saturated heterocycles. The molecule has 0 unspecified atom stereocenters. The summed E-state index contributed by atoms with van der Waals surface area (Å²) in [5, 5.41) is 4.43.